The van der Waals surface area contributed by atoms with Crippen LogP contribution in [0.1, 0.15) is 0 Å². The van der Waals surface area contributed by atoms with E-state index in [0.29, 0.717) is 0 Å². The number of hydrogen-bond donors (Lipinski definition) is 0. The normalized spacial score (nSPS) is 4.25. The molecule has 0 amide bonds. The van der Waals surface area contributed by atoms with E-state index in [4.69, 9.17) is 4.79 Å². The SMILES string of the molecule is O=C=CCl. The third kappa shape index (κ3) is 1.74. The van der Waals surface area contributed by atoms with Crippen LogP contribution in [0.4, 0.5) is 0 Å². The van der Waals surface area contributed by atoms with E-state index < -0.39 is 0 Å². The van der Waals surface area contributed by atoms with Crippen molar-refractivity contribution in [2.75, 3.05) is 0 Å². The predicted octanol–water partition coefficient (Wildman–Crippen LogP) is 0.571. The molecule has 2 heteroatoms. The van der Waals surface area contributed by atoms with E-state index in [1.54, 1.807) is 0 Å². The lowest BCUT2D eigenvalue weighted by molar-refractivity contribution is 0.569. The van der Waals surface area contributed by atoms with E-state index in [1.165, 1.54) is 5.94 Å². The van der Waals surface area contributed by atoms with Crippen LogP contribution in [0.2, 0.25) is 0 Å². The first-order valence-electron chi connectivity index (χ1n) is 0.711. The Bertz CT molecular complexity index is 44.0. The molecule has 0 saturated heterocycles. The van der Waals surface area contributed by atoms with Gasteiger partial charge in [-0.25, -0.2) is 4.79 Å². The maximum atomic E-state index is 8.86. The molecule has 0 unspecified atom stereocenters. The van der Waals surface area contributed by atoms with Crippen molar-refractivity contribution in [3.8, 4) is 0 Å². The molecule has 0 aromatic carbocycles. The van der Waals surface area contributed by atoms with Crippen LogP contribution < -0.4 is 0 Å². The molecule has 0 rings (SSSR count). The molecule has 1 nitrogen and oxygen atoms in total. The van der Waals surface area contributed by atoms with Gasteiger partial charge in [0.1, 0.15) is 5.94 Å². The van der Waals surface area contributed by atoms with Crippen molar-refractivity contribution in [1.29, 1.82) is 0 Å². The summed E-state index contributed by atoms with van der Waals surface area (Å²) in [7, 11) is 0. The van der Waals surface area contributed by atoms with Crippen molar-refractivity contribution in [2.24, 2.45) is 0 Å². The van der Waals surface area contributed by atoms with Crippen LogP contribution >= 0.6 is 11.6 Å². The van der Waals surface area contributed by atoms with Gasteiger partial charge in [-0.1, -0.05) is 11.6 Å². The van der Waals surface area contributed by atoms with Gasteiger partial charge >= 0.3 is 0 Å². The summed E-state index contributed by atoms with van der Waals surface area (Å²) in [5.41, 5.74) is 0.792. The zero-order valence-corrected chi connectivity index (χ0v) is 2.62. The molecule has 0 atom stereocenters. The van der Waals surface area contributed by atoms with E-state index in [9.17, 15) is 0 Å². The molecule has 0 heterocycles. The van der Waals surface area contributed by atoms with Crippen molar-refractivity contribution in [1.82, 2.24) is 0 Å². The van der Waals surface area contributed by atoms with E-state index in [2.05, 4.69) is 11.6 Å². The van der Waals surface area contributed by atoms with Gasteiger partial charge in [-0.05, 0) is 0 Å². The van der Waals surface area contributed by atoms with Crippen LogP contribution in [0, 0.1) is 0 Å². The van der Waals surface area contributed by atoms with E-state index in [-0.39, 0.29) is 0 Å². The molecule has 0 aliphatic carbocycles. The standard InChI is InChI=1S/C2HClO/c3-1-2-4/h1H. The minimum atomic E-state index is 0.792. The molecule has 0 N–H and O–H groups in total. The average Bonchev–Trinajstić information content (AvgIpc) is 1.37. The van der Waals surface area contributed by atoms with Gasteiger partial charge in [-0.2, -0.15) is 0 Å². The zero-order valence-electron chi connectivity index (χ0n) is 1.86. The summed E-state index contributed by atoms with van der Waals surface area (Å²) < 4.78 is 0. The molecule has 0 aromatic rings. The Kier molecular flexibility index (Phi) is 2.56. The predicted molar refractivity (Wildman–Crippen MR) is 16.1 cm³/mol. The maximum Gasteiger partial charge on any atom is 0.136 e. The molecule has 4 heavy (non-hydrogen) atoms. The first kappa shape index (κ1) is 3.74. The number of carbonyl (C=O) groups excluding carboxylic acids is 1. The minimum absolute atomic E-state index is 0.792. The monoisotopic (exact) mass is 76.0 g/mol. The topological polar surface area (TPSA) is 17.1 Å². The second kappa shape index (κ2) is 2.74. The molecule has 0 aliphatic heterocycles. The Labute approximate surface area is 28.9 Å². The Hall–Kier alpha value is -0.260. The molecule has 0 aliphatic rings. The van der Waals surface area contributed by atoms with Gasteiger partial charge in [0.2, 0.25) is 0 Å². The molecule has 0 fully saturated rings. The summed E-state index contributed by atoms with van der Waals surface area (Å²) in [5.74, 6) is 1.32. The molecule has 0 bridgehead atoms. The summed E-state index contributed by atoms with van der Waals surface area (Å²) in [6, 6.07) is 0. The fourth-order valence-electron chi connectivity index (χ4n) is 0. The average molecular weight is 76.5 g/mol. The van der Waals surface area contributed by atoms with Crippen LogP contribution in [0.15, 0.2) is 5.54 Å². The van der Waals surface area contributed by atoms with Crippen molar-refractivity contribution in [3.63, 3.8) is 0 Å². The number of halogens is 1. The third-order valence-corrected chi connectivity index (χ3v) is 0.134. The highest BCUT2D eigenvalue weighted by atomic mass is 35.5. The lowest BCUT2D eigenvalue weighted by Gasteiger charge is -1.28. The second-order valence-corrected chi connectivity index (χ2v) is 0.445. The lowest BCUT2D eigenvalue weighted by atomic mass is 11.2. The molecular weight excluding hydrogens is 75.5 g/mol. The van der Waals surface area contributed by atoms with E-state index in [1.807, 2.05) is 0 Å². The van der Waals surface area contributed by atoms with Crippen molar-refractivity contribution < 1.29 is 4.79 Å². The minimum Gasteiger partial charge on any atom is -0.233 e. The van der Waals surface area contributed by atoms with Gasteiger partial charge in [-0.3, -0.25) is 0 Å². The van der Waals surface area contributed by atoms with Gasteiger partial charge in [0.25, 0.3) is 0 Å². The van der Waals surface area contributed by atoms with Gasteiger partial charge in [0.05, 0.1) is 5.54 Å². The van der Waals surface area contributed by atoms with E-state index in [0.717, 1.165) is 5.54 Å². The Morgan fingerprint density at radius 3 is 2.25 bits per heavy atom. The summed E-state index contributed by atoms with van der Waals surface area (Å²) in [4.78, 5) is 8.86. The number of hydrogen-bond acceptors (Lipinski definition) is 1. The Morgan fingerprint density at radius 2 is 2.25 bits per heavy atom. The van der Waals surface area contributed by atoms with Crippen LogP contribution in [0.3, 0.4) is 0 Å². The van der Waals surface area contributed by atoms with Crippen molar-refractivity contribution in [3.05, 3.63) is 5.54 Å². The maximum absolute atomic E-state index is 8.86. The smallest absolute Gasteiger partial charge is 0.136 e. The van der Waals surface area contributed by atoms with Gasteiger partial charge in [-0.15, -0.1) is 0 Å². The molecule has 0 radical (unpaired) electrons. The summed E-state index contributed by atoms with van der Waals surface area (Å²) in [6.07, 6.45) is 0. The molecule has 0 aromatic heterocycles. The van der Waals surface area contributed by atoms with Gasteiger partial charge in [0.15, 0.2) is 0 Å². The van der Waals surface area contributed by atoms with E-state index >= 15 is 0 Å². The fourth-order valence-corrected chi connectivity index (χ4v) is 0. The van der Waals surface area contributed by atoms with Crippen LogP contribution in [-0.2, 0) is 4.79 Å². The summed E-state index contributed by atoms with van der Waals surface area (Å²) in [6.45, 7) is 0. The van der Waals surface area contributed by atoms with Gasteiger partial charge in [0, 0.05) is 0 Å². The quantitative estimate of drug-likeness (QED) is 0.386. The largest absolute Gasteiger partial charge is 0.233 e. The van der Waals surface area contributed by atoms with Crippen LogP contribution in [-0.4, -0.2) is 5.94 Å². The first-order chi connectivity index (χ1) is 1.91. The number of rotatable bonds is 0. The summed E-state index contributed by atoms with van der Waals surface area (Å²) in [5, 5.41) is 0. The van der Waals surface area contributed by atoms with Crippen molar-refractivity contribution >= 4 is 17.5 Å². The molecular formula is C2HClO. The van der Waals surface area contributed by atoms with Crippen molar-refractivity contribution in [2.45, 2.75) is 0 Å². The Balaban J connectivity index is 3.11. The molecule has 0 spiro atoms. The molecule has 0 saturated carbocycles. The van der Waals surface area contributed by atoms with Gasteiger partial charge < -0.3 is 0 Å². The highest BCUT2D eigenvalue weighted by Gasteiger charge is 1.35. The highest BCUT2D eigenvalue weighted by Crippen LogP contribution is 1.59. The Morgan fingerprint density at radius 1 is 2.00 bits per heavy atom. The highest BCUT2D eigenvalue weighted by molar-refractivity contribution is 6.28. The van der Waals surface area contributed by atoms with Crippen LogP contribution in [0.5, 0.6) is 0 Å². The summed E-state index contributed by atoms with van der Waals surface area (Å²) >= 11 is 4.64. The first-order valence-corrected chi connectivity index (χ1v) is 1.15. The fraction of sp³-hybridized carbons (Fsp3) is 0. The second-order valence-electron chi connectivity index (χ2n) is 0.227. The van der Waals surface area contributed by atoms with Crippen LogP contribution in [0.25, 0.3) is 0 Å². The third-order valence-electron chi connectivity index (χ3n) is 0.0445. The zero-order chi connectivity index (χ0) is 3.41. The molecule has 22 valence electrons. The lowest BCUT2D eigenvalue weighted by Crippen LogP contribution is -1.26.